The van der Waals surface area contributed by atoms with Gasteiger partial charge in [0, 0.05) is 42.5 Å². The van der Waals surface area contributed by atoms with Gasteiger partial charge in [0.15, 0.2) is 0 Å². The van der Waals surface area contributed by atoms with Crippen molar-refractivity contribution in [3.8, 4) is 0 Å². The summed E-state index contributed by atoms with van der Waals surface area (Å²) in [6, 6.07) is 16.4. The van der Waals surface area contributed by atoms with E-state index in [0.717, 1.165) is 48.0 Å². The van der Waals surface area contributed by atoms with Gasteiger partial charge < -0.3 is 10.6 Å². The van der Waals surface area contributed by atoms with Crippen LogP contribution >= 0.6 is 0 Å². The average Bonchev–Trinajstić information content (AvgIpc) is 2.73. The lowest BCUT2D eigenvalue weighted by Crippen LogP contribution is -2.37. The van der Waals surface area contributed by atoms with E-state index in [4.69, 9.17) is 5.73 Å². The van der Waals surface area contributed by atoms with E-state index in [9.17, 15) is 4.79 Å². The number of pyridine rings is 1. The first-order valence-electron chi connectivity index (χ1n) is 9.59. The van der Waals surface area contributed by atoms with Crippen molar-refractivity contribution >= 4 is 16.7 Å². The van der Waals surface area contributed by atoms with Gasteiger partial charge >= 0.3 is 0 Å². The van der Waals surface area contributed by atoms with E-state index >= 15 is 0 Å². The van der Waals surface area contributed by atoms with Gasteiger partial charge in [-0.15, -0.1) is 0 Å². The molecule has 0 bridgehead atoms. The summed E-state index contributed by atoms with van der Waals surface area (Å²) in [5.74, 6) is 0.631. The molecule has 0 unspecified atom stereocenters. The van der Waals surface area contributed by atoms with Crippen LogP contribution in [-0.4, -0.2) is 28.9 Å². The SMILES string of the molecule is Cc1nccc2cc(C(=O)N3CCC(c4cccc(CN)c4)CC3)ccc12. The average molecular weight is 359 g/mol. The molecular formula is C23H25N3O. The van der Waals surface area contributed by atoms with E-state index < -0.39 is 0 Å². The number of nitrogens with zero attached hydrogens (tertiary/aromatic N) is 2. The number of aromatic nitrogens is 1. The van der Waals surface area contributed by atoms with Crippen LogP contribution in [0.2, 0.25) is 0 Å². The van der Waals surface area contributed by atoms with Crippen LogP contribution in [0.3, 0.4) is 0 Å². The first-order valence-corrected chi connectivity index (χ1v) is 9.59. The van der Waals surface area contributed by atoms with Gasteiger partial charge in [0.2, 0.25) is 0 Å². The van der Waals surface area contributed by atoms with Crippen LogP contribution in [0.25, 0.3) is 10.8 Å². The quantitative estimate of drug-likeness (QED) is 0.768. The minimum Gasteiger partial charge on any atom is -0.339 e. The van der Waals surface area contributed by atoms with Crippen molar-refractivity contribution in [2.24, 2.45) is 5.73 Å². The van der Waals surface area contributed by atoms with Crippen molar-refractivity contribution < 1.29 is 4.79 Å². The molecular weight excluding hydrogens is 334 g/mol. The molecule has 2 N–H and O–H groups in total. The van der Waals surface area contributed by atoms with Gasteiger partial charge in [-0.1, -0.05) is 30.3 Å². The normalized spacial score (nSPS) is 15.3. The highest BCUT2D eigenvalue weighted by Crippen LogP contribution is 2.29. The third-order valence-electron chi connectivity index (χ3n) is 5.65. The van der Waals surface area contributed by atoms with Crippen molar-refractivity contribution in [1.82, 2.24) is 9.88 Å². The van der Waals surface area contributed by atoms with E-state index in [1.807, 2.05) is 36.1 Å². The summed E-state index contributed by atoms with van der Waals surface area (Å²) in [4.78, 5) is 19.3. The van der Waals surface area contributed by atoms with Gasteiger partial charge in [-0.05, 0) is 60.4 Å². The molecule has 27 heavy (non-hydrogen) atoms. The molecule has 4 rings (SSSR count). The molecule has 1 saturated heterocycles. The Morgan fingerprint density at radius 2 is 1.96 bits per heavy atom. The highest BCUT2D eigenvalue weighted by Gasteiger charge is 2.24. The molecule has 0 aliphatic carbocycles. The number of hydrogen-bond donors (Lipinski definition) is 1. The van der Waals surface area contributed by atoms with Crippen molar-refractivity contribution in [2.45, 2.75) is 32.2 Å². The van der Waals surface area contributed by atoms with Crippen LogP contribution in [0.5, 0.6) is 0 Å². The number of nitrogens with two attached hydrogens (primary N) is 1. The third-order valence-corrected chi connectivity index (χ3v) is 5.65. The van der Waals surface area contributed by atoms with Crippen LogP contribution in [0.15, 0.2) is 54.7 Å². The van der Waals surface area contributed by atoms with Crippen LogP contribution in [0.1, 0.15) is 45.9 Å². The highest BCUT2D eigenvalue weighted by molar-refractivity contribution is 5.99. The summed E-state index contributed by atoms with van der Waals surface area (Å²) in [6.45, 7) is 4.16. The molecule has 2 aromatic carbocycles. The Morgan fingerprint density at radius 3 is 2.74 bits per heavy atom. The number of amides is 1. The molecule has 4 nitrogen and oxygen atoms in total. The predicted molar refractivity (Wildman–Crippen MR) is 109 cm³/mol. The molecule has 1 aromatic heterocycles. The van der Waals surface area contributed by atoms with E-state index in [-0.39, 0.29) is 5.91 Å². The van der Waals surface area contributed by atoms with Crippen LogP contribution in [0, 0.1) is 6.92 Å². The first kappa shape index (κ1) is 17.7. The zero-order valence-corrected chi connectivity index (χ0v) is 15.7. The number of carbonyl (C=O) groups excluding carboxylic acids is 1. The van der Waals surface area contributed by atoms with Gasteiger partial charge in [-0.25, -0.2) is 0 Å². The minimum absolute atomic E-state index is 0.125. The van der Waals surface area contributed by atoms with Gasteiger partial charge in [0.05, 0.1) is 0 Å². The smallest absolute Gasteiger partial charge is 0.253 e. The molecule has 1 aliphatic rings. The van der Waals surface area contributed by atoms with Gasteiger partial charge in [-0.2, -0.15) is 0 Å². The number of hydrogen-bond acceptors (Lipinski definition) is 3. The van der Waals surface area contributed by atoms with Crippen molar-refractivity contribution in [3.05, 3.63) is 77.1 Å². The number of carbonyl (C=O) groups is 1. The molecule has 1 fully saturated rings. The first-order chi connectivity index (χ1) is 13.2. The zero-order valence-electron chi connectivity index (χ0n) is 15.7. The minimum atomic E-state index is 0.125. The van der Waals surface area contributed by atoms with E-state index in [0.29, 0.717) is 12.5 Å². The largest absolute Gasteiger partial charge is 0.339 e. The molecule has 1 aliphatic heterocycles. The predicted octanol–water partition coefficient (Wildman–Crippen LogP) is 4.02. The maximum atomic E-state index is 13.0. The van der Waals surface area contributed by atoms with Gasteiger partial charge in [0.25, 0.3) is 5.91 Å². The molecule has 3 aromatic rings. The van der Waals surface area contributed by atoms with Crippen LogP contribution in [-0.2, 0) is 6.54 Å². The van der Waals surface area contributed by atoms with E-state index in [1.165, 1.54) is 11.1 Å². The summed E-state index contributed by atoms with van der Waals surface area (Å²) in [6.07, 6.45) is 3.79. The van der Waals surface area contributed by atoms with Crippen LogP contribution in [0.4, 0.5) is 0 Å². The van der Waals surface area contributed by atoms with E-state index in [1.54, 1.807) is 6.20 Å². The Labute approximate surface area is 160 Å². The standard InChI is InChI=1S/C23H25N3O/c1-16-22-6-5-21(14-20(22)7-10-25-16)23(27)26-11-8-18(9-12-26)19-4-2-3-17(13-19)15-24/h2-7,10,13-14,18H,8-9,11-12,15,24H2,1H3. The lowest BCUT2D eigenvalue weighted by atomic mass is 9.88. The summed E-state index contributed by atoms with van der Waals surface area (Å²) in [5, 5.41) is 2.18. The van der Waals surface area contributed by atoms with Crippen molar-refractivity contribution in [2.75, 3.05) is 13.1 Å². The number of likely N-dealkylation sites (tertiary alicyclic amines) is 1. The lowest BCUT2D eigenvalue weighted by molar-refractivity contribution is 0.0713. The van der Waals surface area contributed by atoms with Crippen LogP contribution < -0.4 is 5.73 Å². The summed E-state index contributed by atoms with van der Waals surface area (Å²) in [7, 11) is 0. The summed E-state index contributed by atoms with van der Waals surface area (Å²) in [5.41, 5.74) is 10.0. The topological polar surface area (TPSA) is 59.2 Å². The molecule has 1 amide bonds. The Morgan fingerprint density at radius 1 is 1.15 bits per heavy atom. The second kappa shape index (κ2) is 7.49. The molecule has 0 saturated carbocycles. The lowest BCUT2D eigenvalue weighted by Gasteiger charge is -2.32. The second-order valence-corrected chi connectivity index (χ2v) is 7.35. The zero-order chi connectivity index (χ0) is 18.8. The fourth-order valence-corrected chi connectivity index (χ4v) is 4.03. The van der Waals surface area contributed by atoms with Crippen molar-refractivity contribution in [1.29, 1.82) is 0 Å². The monoisotopic (exact) mass is 359 g/mol. The number of aryl methyl sites for hydroxylation is 1. The Hall–Kier alpha value is -2.72. The van der Waals surface area contributed by atoms with Gasteiger partial charge in [0.1, 0.15) is 0 Å². The Kier molecular flexibility index (Phi) is 4.90. The number of piperidine rings is 1. The van der Waals surface area contributed by atoms with Crippen molar-refractivity contribution in [3.63, 3.8) is 0 Å². The highest BCUT2D eigenvalue weighted by atomic mass is 16.2. The summed E-state index contributed by atoms with van der Waals surface area (Å²) < 4.78 is 0. The Balaban J connectivity index is 1.47. The summed E-state index contributed by atoms with van der Waals surface area (Å²) >= 11 is 0. The molecule has 138 valence electrons. The number of rotatable bonds is 3. The van der Waals surface area contributed by atoms with E-state index in [2.05, 4.69) is 29.2 Å². The Bertz CT molecular complexity index is 974. The maximum Gasteiger partial charge on any atom is 0.253 e. The fraction of sp³-hybridized carbons (Fsp3) is 0.304. The molecule has 0 spiro atoms. The molecule has 4 heteroatoms. The number of fused-ring (bicyclic) bond motifs is 1. The molecule has 0 atom stereocenters. The molecule has 0 radical (unpaired) electrons. The second-order valence-electron chi connectivity index (χ2n) is 7.35. The maximum absolute atomic E-state index is 13.0. The third kappa shape index (κ3) is 3.58. The molecule has 2 heterocycles. The fourth-order valence-electron chi connectivity index (χ4n) is 4.03. The number of benzene rings is 2. The van der Waals surface area contributed by atoms with Gasteiger partial charge in [-0.3, -0.25) is 9.78 Å².